The van der Waals surface area contributed by atoms with Gasteiger partial charge in [0.1, 0.15) is 17.3 Å². The number of hydrogen-bond donors (Lipinski definition) is 0. The van der Waals surface area contributed by atoms with Crippen LogP contribution in [-0.4, -0.2) is 48.9 Å². The van der Waals surface area contributed by atoms with Crippen LogP contribution in [-0.2, 0) is 0 Å². The predicted molar refractivity (Wildman–Crippen MR) is 97.7 cm³/mol. The zero-order valence-corrected chi connectivity index (χ0v) is 14.5. The molecule has 1 fully saturated rings. The standard InChI is InChI=1S/C20H23N3O/c1-14-8-9-16-19(15(14)2)24-18-7-5-4-6-17(18)21-20(16)23-12-10-22(3)11-13-23/h4-9H,10-13H2,1-3H3. The van der Waals surface area contributed by atoms with E-state index in [9.17, 15) is 0 Å². The van der Waals surface area contributed by atoms with Crippen LogP contribution in [0.4, 0.5) is 5.69 Å². The van der Waals surface area contributed by atoms with E-state index in [1.807, 2.05) is 24.3 Å². The maximum absolute atomic E-state index is 6.30. The van der Waals surface area contributed by atoms with Crippen molar-refractivity contribution >= 4 is 11.5 Å². The molecule has 0 saturated carbocycles. The molecule has 4 nitrogen and oxygen atoms in total. The molecular formula is C20H23N3O. The quantitative estimate of drug-likeness (QED) is 0.740. The molecule has 2 heterocycles. The highest BCUT2D eigenvalue weighted by Crippen LogP contribution is 2.40. The molecule has 0 N–H and O–H groups in total. The molecule has 1 saturated heterocycles. The number of amidine groups is 1. The average Bonchev–Trinajstić information content (AvgIpc) is 2.76. The summed E-state index contributed by atoms with van der Waals surface area (Å²) in [6, 6.07) is 12.4. The lowest BCUT2D eigenvalue weighted by Gasteiger charge is -2.34. The van der Waals surface area contributed by atoms with Crippen LogP contribution >= 0.6 is 0 Å². The Hall–Kier alpha value is -2.33. The molecule has 2 aliphatic heterocycles. The molecule has 0 bridgehead atoms. The van der Waals surface area contributed by atoms with Crippen LogP contribution in [0.5, 0.6) is 11.5 Å². The summed E-state index contributed by atoms with van der Waals surface area (Å²) < 4.78 is 6.30. The number of aliphatic imine (C=N–C) groups is 1. The van der Waals surface area contributed by atoms with Crippen LogP contribution in [0.1, 0.15) is 16.7 Å². The lowest BCUT2D eigenvalue weighted by molar-refractivity contribution is 0.215. The first kappa shape index (κ1) is 15.2. The normalized spacial score (nSPS) is 17.5. The molecule has 0 radical (unpaired) electrons. The summed E-state index contributed by atoms with van der Waals surface area (Å²) in [7, 11) is 2.17. The van der Waals surface area contributed by atoms with Crippen LogP contribution in [0.3, 0.4) is 0 Å². The van der Waals surface area contributed by atoms with Gasteiger partial charge in [-0.1, -0.05) is 18.2 Å². The summed E-state index contributed by atoms with van der Waals surface area (Å²) in [4.78, 5) is 9.75. The summed E-state index contributed by atoms with van der Waals surface area (Å²) >= 11 is 0. The number of nitrogens with zero attached hydrogens (tertiary/aromatic N) is 3. The minimum Gasteiger partial charge on any atom is -0.454 e. The summed E-state index contributed by atoms with van der Waals surface area (Å²) in [5, 5.41) is 0. The Morgan fingerprint density at radius 3 is 2.50 bits per heavy atom. The second-order valence-corrected chi connectivity index (χ2v) is 6.68. The van der Waals surface area contributed by atoms with Crippen molar-refractivity contribution in [3.63, 3.8) is 0 Å². The van der Waals surface area contributed by atoms with Crippen LogP contribution in [0, 0.1) is 13.8 Å². The Kier molecular flexibility index (Phi) is 3.77. The Morgan fingerprint density at radius 1 is 0.958 bits per heavy atom. The molecule has 0 amide bonds. The molecule has 4 heteroatoms. The van der Waals surface area contributed by atoms with Gasteiger partial charge in [-0.2, -0.15) is 0 Å². The third-order valence-corrected chi connectivity index (χ3v) is 5.02. The summed E-state index contributed by atoms with van der Waals surface area (Å²) in [6.07, 6.45) is 0. The lowest BCUT2D eigenvalue weighted by atomic mass is 10.0. The van der Waals surface area contributed by atoms with Gasteiger partial charge in [0.2, 0.25) is 0 Å². The van der Waals surface area contributed by atoms with Crippen molar-refractivity contribution in [1.29, 1.82) is 0 Å². The van der Waals surface area contributed by atoms with Gasteiger partial charge in [0.15, 0.2) is 5.75 Å². The van der Waals surface area contributed by atoms with E-state index in [0.717, 1.165) is 54.8 Å². The highest BCUT2D eigenvalue weighted by atomic mass is 16.5. The molecule has 2 aromatic rings. The van der Waals surface area contributed by atoms with Crippen LogP contribution < -0.4 is 4.74 Å². The number of likely N-dealkylation sites (N-methyl/N-ethyl adjacent to an activating group) is 1. The van der Waals surface area contributed by atoms with Gasteiger partial charge >= 0.3 is 0 Å². The molecule has 2 aromatic carbocycles. The Morgan fingerprint density at radius 2 is 1.71 bits per heavy atom. The molecule has 0 aliphatic carbocycles. The summed E-state index contributed by atoms with van der Waals surface area (Å²) in [5.74, 6) is 2.81. The van der Waals surface area contributed by atoms with E-state index < -0.39 is 0 Å². The fourth-order valence-electron chi connectivity index (χ4n) is 3.28. The Labute approximate surface area is 143 Å². The fourth-order valence-corrected chi connectivity index (χ4v) is 3.28. The van der Waals surface area contributed by atoms with Crippen molar-refractivity contribution in [2.24, 2.45) is 4.99 Å². The molecule has 0 atom stereocenters. The monoisotopic (exact) mass is 321 g/mol. The molecule has 4 rings (SSSR count). The highest BCUT2D eigenvalue weighted by molar-refractivity contribution is 6.04. The number of para-hydroxylation sites is 2. The van der Waals surface area contributed by atoms with E-state index in [1.165, 1.54) is 11.1 Å². The van der Waals surface area contributed by atoms with Crippen molar-refractivity contribution in [2.75, 3.05) is 33.2 Å². The topological polar surface area (TPSA) is 28.1 Å². The third-order valence-electron chi connectivity index (χ3n) is 5.02. The second kappa shape index (κ2) is 5.95. The lowest BCUT2D eigenvalue weighted by Crippen LogP contribution is -2.47. The van der Waals surface area contributed by atoms with E-state index >= 15 is 0 Å². The van der Waals surface area contributed by atoms with Gasteiger partial charge in [-0.15, -0.1) is 0 Å². The Balaban J connectivity index is 1.87. The molecule has 0 spiro atoms. The van der Waals surface area contributed by atoms with Crippen LogP contribution in [0.15, 0.2) is 41.4 Å². The number of piperazine rings is 1. The fraction of sp³-hybridized carbons (Fsp3) is 0.350. The van der Waals surface area contributed by atoms with E-state index in [2.05, 4.69) is 42.8 Å². The van der Waals surface area contributed by atoms with Gasteiger partial charge in [0, 0.05) is 26.2 Å². The SMILES string of the molecule is Cc1ccc2c(c1C)Oc1ccccc1N=C2N1CCN(C)CC1. The van der Waals surface area contributed by atoms with Crippen molar-refractivity contribution in [2.45, 2.75) is 13.8 Å². The molecular weight excluding hydrogens is 298 g/mol. The summed E-state index contributed by atoms with van der Waals surface area (Å²) in [5.41, 5.74) is 4.43. The van der Waals surface area contributed by atoms with Crippen molar-refractivity contribution in [3.8, 4) is 11.5 Å². The molecule has 24 heavy (non-hydrogen) atoms. The van der Waals surface area contributed by atoms with E-state index in [-0.39, 0.29) is 0 Å². The van der Waals surface area contributed by atoms with Crippen molar-refractivity contribution in [1.82, 2.24) is 9.80 Å². The first-order valence-corrected chi connectivity index (χ1v) is 8.53. The van der Waals surface area contributed by atoms with E-state index in [1.54, 1.807) is 0 Å². The zero-order valence-electron chi connectivity index (χ0n) is 14.5. The van der Waals surface area contributed by atoms with Crippen molar-refractivity contribution < 1.29 is 4.74 Å². The first-order valence-electron chi connectivity index (χ1n) is 8.53. The molecule has 0 unspecified atom stereocenters. The van der Waals surface area contributed by atoms with E-state index in [4.69, 9.17) is 9.73 Å². The number of benzene rings is 2. The van der Waals surface area contributed by atoms with Gasteiger partial charge < -0.3 is 14.5 Å². The second-order valence-electron chi connectivity index (χ2n) is 6.68. The first-order chi connectivity index (χ1) is 11.6. The van der Waals surface area contributed by atoms with E-state index in [0.29, 0.717) is 0 Å². The van der Waals surface area contributed by atoms with Gasteiger partial charge in [0.25, 0.3) is 0 Å². The Bertz CT molecular complexity index is 805. The minimum atomic E-state index is 0.830. The van der Waals surface area contributed by atoms with Crippen molar-refractivity contribution in [3.05, 3.63) is 53.1 Å². The number of rotatable bonds is 0. The number of aryl methyl sites for hydroxylation is 1. The smallest absolute Gasteiger partial charge is 0.153 e. The van der Waals surface area contributed by atoms with Gasteiger partial charge in [0.05, 0.1) is 5.56 Å². The third kappa shape index (κ3) is 2.57. The molecule has 0 aromatic heterocycles. The largest absolute Gasteiger partial charge is 0.454 e. The predicted octanol–water partition coefficient (Wildman–Crippen LogP) is 3.73. The average molecular weight is 321 g/mol. The van der Waals surface area contributed by atoms with Gasteiger partial charge in [-0.05, 0) is 50.2 Å². The van der Waals surface area contributed by atoms with Gasteiger partial charge in [-0.25, -0.2) is 4.99 Å². The zero-order chi connectivity index (χ0) is 16.7. The van der Waals surface area contributed by atoms with Crippen LogP contribution in [0.2, 0.25) is 0 Å². The van der Waals surface area contributed by atoms with Crippen LogP contribution in [0.25, 0.3) is 0 Å². The number of hydrogen-bond acceptors (Lipinski definition) is 4. The maximum atomic E-state index is 6.30. The molecule has 2 aliphatic rings. The number of fused-ring (bicyclic) bond motifs is 2. The summed E-state index contributed by atoms with van der Waals surface area (Å²) in [6.45, 7) is 8.35. The minimum absolute atomic E-state index is 0.830. The van der Waals surface area contributed by atoms with Gasteiger partial charge in [-0.3, -0.25) is 0 Å². The maximum Gasteiger partial charge on any atom is 0.153 e. The molecule has 124 valence electrons. The number of ether oxygens (including phenoxy) is 1. The highest BCUT2D eigenvalue weighted by Gasteiger charge is 2.26.